The lowest BCUT2D eigenvalue weighted by atomic mass is 9.75. The number of benzene rings is 4. The normalized spacial score (nSPS) is 17.6. The van der Waals surface area contributed by atoms with Gasteiger partial charge in [-0.15, -0.1) is 0 Å². The topological polar surface area (TPSA) is 50.8 Å². The number of unbranched alkanes of at least 4 members (excludes halogenated alkanes) is 1. The van der Waals surface area contributed by atoms with E-state index in [2.05, 4.69) is 93.4 Å². The van der Waals surface area contributed by atoms with Gasteiger partial charge < -0.3 is 19.7 Å². The van der Waals surface area contributed by atoms with E-state index in [1.165, 1.54) is 37.7 Å². The van der Waals surface area contributed by atoms with Gasteiger partial charge in [-0.25, -0.2) is 4.79 Å². The van der Waals surface area contributed by atoms with E-state index in [1.807, 2.05) is 36.4 Å². The summed E-state index contributed by atoms with van der Waals surface area (Å²) in [4.78, 5) is 15.6. The second-order valence-electron chi connectivity index (χ2n) is 12.4. The number of fused-ring (bicyclic) bond motifs is 6. The van der Waals surface area contributed by atoms with Gasteiger partial charge in [0.2, 0.25) is 0 Å². The van der Waals surface area contributed by atoms with Gasteiger partial charge in [-0.1, -0.05) is 70.4 Å². The van der Waals surface area contributed by atoms with Crippen LogP contribution in [0.15, 0.2) is 84.9 Å². The van der Waals surface area contributed by atoms with Gasteiger partial charge >= 0.3 is 5.97 Å². The number of esters is 1. The van der Waals surface area contributed by atoms with Crippen molar-refractivity contribution < 1.29 is 14.3 Å². The van der Waals surface area contributed by atoms with E-state index >= 15 is 0 Å². The van der Waals surface area contributed by atoms with Crippen LogP contribution in [-0.4, -0.2) is 19.1 Å². The highest BCUT2D eigenvalue weighted by Crippen LogP contribution is 2.57. The Labute approximate surface area is 262 Å². The minimum absolute atomic E-state index is 0.192. The van der Waals surface area contributed by atoms with Crippen LogP contribution in [-0.2, 0) is 15.8 Å². The molecule has 4 aromatic carbocycles. The van der Waals surface area contributed by atoms with Gasteiger partial charge in [0.15, 0.2) is 5.60 Å². The van der Waals surface area contributed by atoms with Crippen LogP contribution >= 0.6 is 0 Å². The van der Waals surface area contributed by atoms with Crippen LogP contribution in [0.25, 0.3) is 0 Å². The van der Waals surface area contributed by atoms with E-state index in [0.29, 0.717) is 17.1 Å². The molecule has 2 aliphatic rings. The highest BCUT2D eigenvalue weighted by Gasteiger charge is 2.53. The summed E-state index contributed by atoms with van der Waals surface area (Å²) in [7, 11) is 0. The highest BCUT2D eigenvalue weighted by atomic mass is 16.6. The van der Waals surface area contributed by atoms with Gasteiger partial charge in [0.25, 0.3) is 0 Å². The van der Waals surface area contributed by atoms with Crippen molar-refractivity contribution in [2.45, 2.75) is 77.7 Å². The minimum Gasteiger partial charge on any atom is -0.456 e. The first kappa shape index (κ1) is 29.8. The largest absolute Gasteiger partial charge is 0.456 e. The monoisotopic (exact) mass is 588 g/mol. The highest BCUT2D eigenvalue weighted by molar-refractivity contribution is 5.97. The van der Waals surface area contributed by atoms with E-state index in [-0.39, 0.29) is 11.4 Å². The third kappa shape index (κ3) is 5.02. The van der Waals surface area contributed by atoms with Gasteiger partial charge in [-0.05, 0) is 86.2 Å². The summed E-state index contributed by atoms with van der Waals surface area (Å²) in [6, 6.07) is 28.9. The maximum Gasteiger partial charge on any atom is 0.340 e. The quantitative estimate of drug-likeness (QED) is 0.177. The number of nitrogens with zero attached hydrogens (tertiary/aromatic N) is 1. The molecule has 0 saturated carbocycles. The van der Waals surface area contributed by atoms with Crippen LogP contribution in [0, 0.1) is 0 Å². The number of hydrogen-bond acceptors (Lipinski definition) is 5. The minimum atomic E-state index is -1.10. The van der Waals surface area contributed by atoms with Crippen LogP contribution in [0.2, 0.25) is 0 Å². The molecule has 0 aromatic heterocycles. The van der Waals surface area contributed by atoms with Crippen LogP contribution in [0.3, 0.4) is 0 Å². The Bertz CT molecular complexity index is 1660. The zero-order chi connectivity index (χ0) is 30.9. The van der Waals surface area contributed by atoms with Crippen molar-refractivity contribution in [2.75, 3.05) is 23.3 Å². The zero-order valence-corrected chi connectivity index (χ0v) is 26.7. The number of carbonyl (C=O) groups excluding carboxylic acids is 1. The van der Waals surface area contributed by atoms with E-state index in [4.69, 9.17) is 9.47 Å². The Morgan fingerprint density at radius 3 is 2.23 bits per heavy atom. The molecule has 2 atom stereocenters. The molecule has 228 valence electrons. The molecule has 1 N–H and O–H groups in total. The first-order valence-electron chi connectivity index (χ1n) is 16.3. The van der Waals surface area contributed by atoms with Crippen molar-refractivity contribution in [3.63, 3.8) is 0 Å². The molecular weight excluding hydrogens is 544 g/mol. The van der Waals surface area contributed by atoms with Gasteiger partial charge in [0.1, 0.15) is 11.5 Å². The van der Waals surface area contributed by atoms with Gasteiger partial charge in [0, 0.05) is 52.9 Å². The van der Waals surface area contributed by atoms with Crippen molar-refractivity contribution in [1.82, 2.24) is 0 Å². The molecule has 0 saturated heterocycles. The molecule has 5 heteroatoms. The lowest BCUT2D eigenvalue weighted by Gasteiger charge is -2.37. The molecule has 0 radical (unpaired) electrons. The lowest BCUT2D eigenvalue weighted by Crippen LogP contribution is -2.33. The lowest BCUT2D eigenvalue weighted by molar-refractivity contribution is 0.0224. The van der Waals surface area contributed by atoms with Gasteiger partial charge in [0.05, 0.1) is 5.56 Å². The summed E-state index contributed by atoms with van der Waals surface area (Å²) in [5.41, 5.74) is 6.58. The molecule has 0 bridgehead atoms. The Kier molecular flexibility index (Phi) is 8.15. The maximum atomic E-state index is 13.3. The molecule has 6 rings (SSSR count). The number of anilines is 3. The van der Waals surface area contributed by atoms with Crippen molar-refractivity contribution >= 4 is 23.0 Å². The third-order valence-electron chi connectivity index (χ3n) is 9.58. The Morgan fingerprint density at radius 2 is 1.50 bits per heavy atom. The van der Waals surface area contributed by atoms with Gasteiger partial charge in [-0.3, -0.25) is 0 Å². The van der Waals surface area contributed by atoms with E-state index in [1.54, 1.807) is 0 Å². The fraction of sp³-hybridized carbons (Fsp3) is 0.359. The predicted octanol–water partition coefficient (Wildman–Crippen LogP) is 10.1. The summed E-state index contributed by atoms with van der Waals surface area (Å²) < 4.78 is 13.0. The first-order valence-corrected chi connectivity index (χ1v) is 16.3. The SMILES string of the molecule is CCCCC(C)(CCC)c1ccc(Nc2ccc3c(c2)C2(OC(=O)c4ccccc42)c2ccc(N(CC)CC)cc2O3)cc1. The smallest absolute Gasteiger partial charge is 0.340 e. The summed E-state index contributed by atoms with van der Waals surface area (Å²) in [5, 5.41) is 3.61. The van der Waals surface area contributed by atoms with Gasteiger partial charge in [-0.2, -0.15) is 0 Å². The Morgan fingerprint density at radius 1 is 0.750 bits per heavy atom. The summed E-state index contributed by atoms with van der Waals surface area (Å²) in [6.07, 6.45) is 6.01. The zero-order valence-electron chi connectivity index (χ0n) is 26.7. The van der Waals surface area contributed by atoms with Crippen molar-refractivity contribution in [1.29, 1.82) is 0 Å². The first-order chi connectivity index (χ1) is 21.4. The number of hydrogen-bond donors (Lipinski definition) is 1. The van der Waals surface area contributed by atoms with E-state index in [0.717, 1.165) is 46.8 Å². The molecule has 2 heterocycles. The Hall–Kier alpha value is -4.25. The average Bonchev–Trinajstić information content (AvgIpc) is 3.34. The molecule has 2 aliphatic heterocycles. The van der Waals surface area contributed by atoms with Crippen molar-refractivity contribution in [3.05, 3.63) is 113 Å². The number of nitrogens with one attached hydrogen (secondary N) is 1. The number of ether oxygens (including phenoxy) is 2. The third-order valence-corrected chi connectivity index (χ3v) is 9.58. The molecule has 0 aliphatic carbocycles. The standard InChI is InChI=1S/C39H44N2O3/c1-6-10-24-38(5,23-7-2)27-15-17-28(18-16-27)40-29-19-22-35-34(25-29)39(32-14-12-11-13-31(32)37(42)44-39)33-21-20-30(26-36(33)43-35)41(8-3)9-4/h11-22,25-26,40H,6-10,23-24H2,1-5H3. The second kappa shape index (κ2) is 12.0. The molecule has 1 spiro atoms. The van der Waals surface area contributed by atoms with E-state index < -0.39 is 5.60 Å². The molecule has 0 fully saturated rings. The van der Waals surface area contributed by atoms with Crippen molar-refractivity contribution in [2.24, 2.45) is 0 Å². The van der Waals surface area contributed by atoms with Crippen LogP contribution < -0.4 is 15.0 Å². The number of rotatable bonds is 11. The predicted molar refractivity (Wildman–Crippen MR) is 180 cm³/mol. The molecule has 4 aromatic rings. The van der Waals surface area contributed by atoms with E-state index in [9.17, 15) is 4.79 Å². The molecule has 2 unspecified atom stereocenters. The van der Waals surface area contributed by atoms with Crippen LogP contribution in [0.1, 0.15) is 99.3 Å². The van der Waals surface area contributed by atoms with Crippen LogP contribution in [0.4, 0.5) is 17.1 Å². The molecule has 5 nitrogen and oxygen atoms in total. The maximum absolute atomic E-state index is 13.3. The fourth-order valence-electron chi connectivity index (χ4n) is 7.18. The second-order valence-corrected chi connectivity index (χ2v) is 12.4. The summed E-state index contributed by atoms with van der Waals surface area (Å²) in [6.45, 7) is 13.0. The summed E-state index contributed by atoms with van der Waals surface area (Å²) >= 11 is 0. The molecule has 0 amide bonds. The van der Waals surface area contributed by atoms with Crippen LogP contribution in [0.5, 0.6) is 11.5 Å². The average molecular weight is 589 g/mol. The summed E-state index contributed by atoms with van der Waals surface area (Å²) in [5.74, 6) is 1.08. The number of carbonyl (C=O) groups is 1. The fourth-order valence-corrected chi connectivity index (χ4v) is 7.18. The van der Waals surface area contributed by atoms with Crippen molar-refractivity contribution in [3.8, 4) is 11.5 Å². The molecule has 44 heavy (non-hydrogen) atoms. The molecular formula is C39H44N2O3. The Balaban J connectivity index is 1.39.